The van der Waals surface area contributed by atoms with Crippen molar-refractivity contribution in [3.63, 3.8) is 0 Å². The number of halogens is 1. The van der Waals surface area contributed by atoms with Crippen molar-refractivity contribution in [2.75, 3.05) is 13.1 Å². The summed E-state index contributed by atoms with van der Waals surface area (Å²) >= 11 is 0. The molecule has 0 bridgehead atoms. The van der Waals surface area contributed by atoms with Crippen molar-refractivity contribution in [3.8, 4) is 11.5 Å². The highest BCUT2D eigenvalue weighted by Gasteiger charge is 2.29. The summed E-state index contributed by atoms with van der Waals surface area (Å²) in [6.07, 6.45) is 3.08. The highest BCUT2D eigenvalue weighted by Crippen LogP contribution is 2.29. The van der Waals surface area contributed by atoms with Crippen LogP contribution in [0.3, 0.4) is 0 Å². The van der Waals surface area contributed by atoms with Gasteiger partial charge in [-0.25, -0.2) is 4.39 Å². The van der Waals surface area contributed by atoms with Gasteiger partial charge in [0.25, 0.3) is 5.91 Å². The molecule has 1 aliphatic heterocycles. The van der Waals surface area contributed by atoms with E-state index in [1.54, 1.807) is 30.3 Å². The summed E-state index contributed by atoms with van der Waals surface area (Å²) < 4.78 is 20.3. The molecule has 1 aliphatic rings. The molecule has 4 rings (SSSR count). The van der Waals surface area contributed by atoms with E-state index in [1.165, 1.54) is 16.8 Å². The largest absolute Gasteiger partial charge is 0.420 e. The predicted octanol–water partition coefficient (Wildman–Crippen LogP) is 2.02. The number of aromatic nitrogens is 5. The summed E-state index contributed by atoms with van der Waals surface area (Å²) in [5.74, 6) is 0.597. The van der Waals surface area contributed by atoms with Gasteiger partial charge in [0, 0.05) is 31.6 Å². The highest BCUT2D eigenvalue weighted by atomic mass is 19.1. The van der Waals surface area contributed by atoms with Crippen molar-refractivity contribution in [1.29, 1.82) is 0 Å². The van der Waals surface area contributed by atoms with Gasteiger partial charge >= 0.3 is 0 Å². The third kappa shape index (κ3) is 3.19. The molecule has 0 saturated carbocycles. The highest BCUT2D eigenvalue weighted by molar-refractivity contribution is 5.92. The first-order valence-corrected chi connectivity index (χ1v) is 8.35. The first-order chi connectivity index (χ1) is 12.6. The second-order valence-corrected chi connectivity index (χ2v) is 6.30. The Balaban J connectivity index is 1.40. The van der Waals surface area contributed by atoms with Crippen LogP contribution in [0.5, 0.6) is 0 Å². The Morgan fingerprint density at radius 2 is 1.88 bits per heavy atom. The van der Waals surface area contributed by atoms with Crippen LogP contribution in [0.25, 0.3) is 11.5 Å². The van der Waals surface area contributed by atoms with Crippen molar-refractivity contribution in [2.24, 2.45) is 7.05 Å². The van der Waals surface area contributed by atoms with Crippen LogP contribution in [0.1, 0.15) is 35.1 Å². The Morgan fingerprint density at radius 3 is 2.54 bits per heavy atom. The summed E-state index contributed by atoms with van der Waals surface area (Å²) in [6, 6.07) is 5.93. The number of aryl methyl sites for hydroxylation is 1. The molecule has 1 aromatic carbocycles. The Kier molecular flexibility index (Phi) is 4.19. The molecule has 1 saturated heterocycles. The fourth-order valence-electron chi connectivity index (χ4n) is 3.05. The fourth-order valence-corrected chi connectivity index (χ4v) is 3.05. The third-order valence-corrected chi connectivity index (χ3v) is 4.48. The minimum atomic E-state index is -0.311. The summed E-state index contributed by atoms with van der Waals surface area (Å²) in [4.78, 5) is 14.2. The minimum absolute atomic E-state index is 0.0996. The molecule has 134 valence electrons. The van der Waals surface area contributed by atoms with Gasteiger partial charge in [-0.2, -0.15) is 0 Å². The van der Waals surface area contributed by atoms with Crippen LogP contribution >= 0.6 is 0 Å². The van der Waals surface area contributed by atoms with Crippen molar-refractivity contribution in [1.82, 2.24) is 30.1 Å². The summed E-state index contributed by atoms with van der Waals surface area (Å²) in [7, 11) is 1.73. The Labute approximate surface area is 148 Å². The number of amides is 1. The lowest BCUT2D eigenvalue weighted by atomic mass is 9.96. The van der Waals surface area contributed by atoms with Crippen LogP contribution in [0, 0.1) is 5.82 Å². The number of likely N-dealkylation sites (tertiary alicyclic amines) is 1. The first kappa shape index (κ1) is 16.4. The average Bonchev–Trinajstić information content (AvgIpc) is 3.31. The smallest absolute Gasteiger partial charge is 0.276 e. The maximum absolute atomic E-state index is 13.0. The Morgan fingerprint density at radius 1 is 1.15 bits per heavy atom. The van der Waals surface area contributed by atoms with Crippen molar-refractivity contribution >= 4 is 5.91 Å². The molecule has 3 heterocycles. The standard InChI is InChI=1S/C17H17FN6O2/c1-23-10-14(19-22-23)17(25)24-8-6-12(7-9-24)16-21-20-15(26-16)11-2-4-13(18)5-3-11/h2-5,10,12H,6-9H2,1H3. The molecule has 1 fully saturated rings. The van der Waals surface area contributed by atoms with Crippen LogP contribution in [0.4, 0.5) is 4.39 Å². The number of carbonyl (C=O) groups is 1. The summed E-state index contributed by atoms with van der Waals surface area (Å²) in [6.45, 7) is 1.18. The molecule has 0 atom stereocenters. The van der Waals surface area contributed by atoms with E-state index in [2.05, 4.69) is 20.5 Å². The molecule has 0 N–H and O–H groups in total. The lowest BCUT2D eigenvalue weighted by Crippen LogP contribution is -2.38. The molecule has 0 unspecified atom stereocenters. The number of hydrogen-bond acceptors (Lipinski definition) is 6. The van der Waals surface area contributed by atoms with E-state index < -0.39 is 0 Å². The number of rotatable bonds is 3. The van der Waals surface area contributed by atoms with E-state index in [9.17, 15) is 9.18 Å². The SMILES string of the molecule is Cn1cc(C(=O)N2CCC(c3nnc(-c4ccc(F)cc4)o3)CC2)nn1. The Bertz CT molecular complexity index is 911. The molecule has 2 aromatic heterocycles. The lowest BCUT2D eigenvalue weighted by Gasteiger charge is -2.29. The molecule has 0 radical (unpaired) electrons. The first-order valence-electron chi connectivity index (χ1n) is 8.35. The second kappa shape index (κ2) is 6.66. The molecular weight excluding hydrogens is 339 g/mol. The number of hydrogen-bond donors (Lipinski definition) is 0. The monoisotopic (exact) mass is 356 g/mol. The number of piperidine rings is 1. The normalized spacial score (nSPS) is 15.4. The van der Waals surface area contributed by atoms with Crippen LogP contribution in [-0.2, 0) is 7.05 Å². The topological polar surface area (TPSA) is 89.9 Å². The van der Waals surface area contributed by atoms with Crippen molar-refractivity contribution in [2.45, 2.75) is 18.8 Å². The molecule has 0 aliphatic carbocycles. The van der Waals surface area contributed by atoms with E-state index in [4.69, 9.17) is 4.42 Å². The van der Waals surface area contributed by atoms with Gasteiger partial charge in [0.05, 0.1) is 6.20 Å². The van der Waals surface area contributed by atoms with Gasteiger partial charge in [0.15, 0.2) is 5.69 Å². The Hall–Kier alpha value is -3.10. The maximum Gasteiger partial charge on any atom is 0.276 e. The number of carbonyl (C=O) groups excluding carboxylic acids is 1. The van der Waals surface area contributed by atoms with Crippen molar-refractivity contribution < 1.29 is 13.6 Å². The average molecular weight is 356 g/mol. The van der Waals surface area contributed by atoms with Gasteiger partial charge in [0.2, 0.25) is 11.8 Å². The van der Waals surface area contributed by atoms with Gasteiger partial charge in [-0.3, -0.25) is 9.48 Å². The number of benzene rings is 1. The zero-order valence-corrected chi connectivity index (χ0v) is 14.2. The quantitative estimate of drug-likeness (QED) is 0.713. The van der Waals surface area contributed by atoms with E-state index in [1.807, 2.05) is 0 Å². The van der Waals surface area contributed by atoms with Gasteiger partial charge in [-0.1, -0.05) is 5.21 Å². The minimum Gasteiger partial charge on any atom is -0.420 e. The fraction of sp³-hybridized carbons (Fsp3) is 0.353. The predicted molar refractivity (Wildman–Crippen MR) is 88.6 cm³/mol. The molecule has 3 aromatic rings. The maximum atomic E-state index is 13.0. The molecular formula is C17H17FN6O2. The molecule has 26 heavy (non-hydrogen) atoms. The van der Waals surface area contributed by atoms with Crippen LogP contribution in [-0.4, -0.2) is 49.1 Å². The van der Waals surface area contributed by atoms with E-state index >= 15 is 0 Å². The van der Waals surface area contributed by atoms with Crippen LogP contribution < -0.4 is 0 Å². The number of nitrogens with zero attached hydrogens (tertiary/aromatic N) is 6. The summed E-state index contributed by atoms with van der Waals surface area (Å²) in [5.41, 5.74) is 1.03. The molecule has 0 spiro atoms. The second-order valence-electron chi connectivity index (χ2n) is 6.30. The molecule has 9 heteroatoms. The van der Waals surface area contributed by atoms with Crippen LogP contribution in [0.2, 0.25) is 0 Å². The van der Waals surface area contributed by atoms with Gasteiger partial charge in [0.1, 0.15) is 5.82 Å². The zero-order chi connectivity index (χ0) is 18.1. The lowest BCUT2D eigenvalue weighted by molar-refractivity contribution is 0.0700. The van der Waals surface area contributed by atoms with Crippen LogP contribution in [0.15, 0.2) is 34.9 Å². The molecule has 8 nitrogen and oxygen atoms in total. The van der Waals surface area contributed by atoms with Gasteiger partial charge in [-0.05, 0) is 37.1 Å². The van der Waals surface area contributed by atoms with E-state index in [0.717, 1.165) is 12.8 Å². The van der Waals surface area contributed by atoms with Crippen molar-refractivity contribution in [3.05, 3.63) is 47.9 Å². The third-order valence-electron chi connectivity index (χ3n) is 4.48. The van der Waals surface area contributed by atoms with Gasteiger partial charge < -0.3 is 9.32 Å². The van der Waals surface area contributed by atoms with E-state index in [0.29, 0.717) is 36.1 Å². The van der Waals surface area contributed by atoms with E-state index in [-0.39, 0.29) is 17.6 Å². The summed E-state index contributed by atoms with van der Waals surface area (Å²) in [5, 5.41) is 15.8. The zero-order valence-electron chi connectivity index (χ0n) is 14.2. The van der Waals surface area contributed by atoms with Gasteiger partial charge in [-0.15, -0.1) is 15.3 Å². The molecule has 1 amide bonds.